The number of aromatic amines is 2. The minimum atomic E-state index is -0.251. The van der Waals surface area contributed by atoms with Crippen LogP contribution in [0.25, 0.3) is 44.1 Å². The first kappa shape index (κ1) is 30.3. The number of H-pyrrole nitrogens is 2. The Labute approximate surface area is 258 Å². The second kappa shape index (κ2) is 11.6. The first-order chi connectivity index (χ1) is 21.2. The van der Waals surface area contributed by atoms with Crippen molar-refractivity contribution in [3.63, 3.8) is 0 Å². The summed E-state index contributed by atoms with van der Waals surface area (Å²) >= 11 is 0. The van der Waals surface area contributed by atoms with E-state index in [1.807, 2.05) is 6.92 Å². The van der Waals surface area contributed by atoms with Crippen LogP contribution in [0.2, 0.25) is 0 Å². The Morgan fingerprint density at radius 2 is 1.61 bits per heavy atom. The van der Waals surface area contributed by atoms with Crippen LogP contribution in [0, 0.1) is 13.8 Å². The van der Waals surface area contributed by atoms with Crippen molar-refractivity contribution in [2.75, 3.05) is 19.8 Å². The van der Waals surface area contributed by atoms with Gasteiger partial charge in [-0.3, -0.25) is 4.98 Å². The van der Waals surface area contributed by atoms with Crippen molar-refractivity contribution in [3.8, 4) is 0 Å². The Kier molecular flexibility index (Phi) is 7.99. The Morgan fingerprint density at radius 1 is 0.818 bits per heavy atom. The van der Waals surface area contributed by atoms with Crippen molar-refractivity contribution in [1.29, 1.82) is 0 Å². The highest BCUT2D eigenvalue weighted by molar-refractivity contribution is 6.01. The summed E-state index contributed by atoms with van der Waals surface area (Å²) in [4.78, 5) is 18.0. The SMILES string of the molecule is CCc1c(C)c2cc3nc4c(cccc4c4[nH]c(c(CCO)c5nc(cc1[nH]2)C(C)=C5CO)c(CCCO)c4C)C3(C)CC. The summed E-state index contributed by atoms with van der Waals surface area (Å²) in [6, 6.07) is 10.8. The maximum Gasteiger partial charge on any atom is 0.0768 e. The number of para-hydroxylation sites is 1. The van der Waals surface area contributed by atoms with Crippen molar-refractivity contribution in [2.45, 2.75) is 79.1 Å². The molecular weight excluding hydrogens is 548 g/mol. The topological polar surface area (TPSA) is 118 Å². The molecule has 5 N–H and O–H groups in total. The predicted molar refractivity (Wildman–Crippen MR) is 180 cm³/mol. The molecule has 2 aliphatic heterocycles. The molecule has 230 valence electrons. The summed E-state index contributed by atoms with van der Waals surface area (Å²) in [6.07, 6.45) is 3.43. The summed E-state index contributed by atoms with van der Waals surface area (Å²) in [5, 5.41) is 31.8. The first-order valence-corrected chi connectivity index (χ1v) is 15.9. The molecule has 0 saturated carbocycles. The zero-order valence-electron chi connectivity index (χ0n) is 26.8. The van der Waals surface area contributed by atoms with Gasteiger partial charge in [0.25, 0.3) is 0 Å². The van der Waals surface area contributed by atoms with E-state index in [4.69, 9.17) is 9.97 Å². The third kappa shape index (κ3) is 4.52. The summed E-state index contributed by atoms with van der Waals surface area (Å²) in [5.41, 5.74) is 15.7. The summed E-state index contributed by atoms with van der Waals surface area (Å²) in [6.45, 7) is 12.9. The molecule has 0 amide bonds. The van der Waals surface area contributed by atoms with Gasteiger partial charge in [-0.15, -0.1) is 0 Å². The first-order valence-electron chi connectivity index (χ1n) is 15.9. The van der Waals surface area contributed by atoms with Gasteiger partial charge < -0.3 is 25.3 Å². The number of fused-ring (bicyclic) bond motifs is 8. The number of aliphatic hydroxyl groups is 3. The molecule has 0 aliphatic carbocycles. The van der Waals surface area contributed by atoms with E-state index in [0.717, 1.165) is 85.0 Å². The van der Waals surface area contributed by atoms with Gasteiger partial charge in [-0.25, -0.2) is 4.98 Å². The molecule has 3 aromatic heterocycles. The average molecular weight is 593 g/mol. The molecule has 7 heteroatoms. The number of aryl methyl sites for hydroxylation is 4. The van der Waals surface area contributed by atoms with Crippen molar-refractivity contribution >= 4 is 44.1 Å². The lowest BCUT2D eigenvalue weighted by Crippen LogP contribution is -2.19. The molecule has 1 unspecified atom stereocenters. The van der Waals surface area contributed by atoms with E-state index in [2.05, 4.69) is 74.9 Å². The van der Waals surface area contributed by atoms with Gasteiger partial charge in [-0.05, 0) is 105 Å². The summed E-state index contributed by atoms with van der Waals surface area (Å²) in [7, 11) is 0. The van der Waals surface area contributed by atoms with E-state index >= 15 is 0 Å². The molecule has 2 aliphatic rings. The maximum atomic E-state index is 10.6. The molecular formula is C37H44N4O3. The van der Waals surface area contributed by atoms with Crippen molar-refractivity contribution in [2.24, 2.45) is 0 Å². The Morgan fingerprint density at radius 3 is 2.30 bits per heavy atom. The van der Waals surface area contributed by atoms with Crippen LogP contribution in [0.3, 0.4) is 0 Å². The number of benzene rings is 1. The van der Waals surface area contributed by atoms with Gasteiger partial charge in [0.2, 0.25) is 0 Å². The van der Waals surface area contributed by atoms with Gasteiger partial charge in [-0.1, -0.05) is 32.0 Å². The molecule has 0 radical (unpaired) electrons. The Balaban J connectivity index is 1.91. The molecule has 0 fully saturated rings. The van der Waals surface area contributed by atoms with Gasteiger partial charge in [0, 0.05) is 51.7 Å². The largest absolute Gasteiger partial charge is 0.396 e. The molecule has 7 nitrogen and oxygen atoms in total. The Hall–Kier alpha value is -3.78. The number of rotatable bonds is 8. The molecule has 4 aromatic rings. The fraction of sp³-hybridized carbons (Fsp3) is 0.405. The van der Waals surface area contributed by atoms with Crippen LogP contribution < -0.4 is 0 Å². The lowest BCUT2D eigenvalue weighted by atomic mass is 9.78. The summed E-state index contributed by atoms with van der Waals surface area (Å²) < 4.78 is 0. The highest BCUT2D eigenvalue weighted by Crippen LogP contribution is 2.43. The molecule has 1 atom stereocenters. The van der Waals surface area contributed by atoms with E-state index < -0.39 is 0 Å². The predicted octanol–water partition coefficient (Wildman–Crippen LogP) is 6.75. The van der Waals surface area contributed by atoms with E-state index in [-0.39, 0.29) is 25.2 Å². The van der Waals surface area contributed by atoms with Gasteiger partial charge in [0.1, 0.15) is 0 Å². The summed E-state index contributed by atoms with van der Waals surface area (Å²) in [5.74, 6) is 0. The minimum Gasteiger partial charge on any atom is -0.396 e. The number of hydrogen-bond acceptors (Lipinski definition) is 5. The molecule has 0 spiro atoms. The average Bonchev–Trinajstić information content (AvgIpc) is 3.70. The van der Waals surface area contributed by atoms with Crippen LogP contribution in [0.5, 0.6) is 0 Å². The zero-order chi connectivity index (χ0) is 31.3. The molecule has 0 saturated heterocycles. The van der Waals surface area contributed by atoms with Crippen LogP contribution in [0.15, 0.2) is 30.3 Å². The van der Waals surface area contributed by atoms with Gasteiger partial charge in [0.05, 0.1) is 34.7 Å². The van der Waals surface area contributed by atoms with E-state index in [1.165, 1.54) is 16.7 Å². The standard InChI is InChI=1S/C37H44N4O3/c1-7-23-20(3)30-18-32-37(6,8-2)28-13-9-11-25(36(28)40-32)33-22(5)24(12-10-15-42)34(41-33)26(14-16-43)35-27(19-44)21(4)29(39-35)17-31(23)38-30/h9,11,13,17-18,38,41-44H,7-8,10,12,14-16,19H2,1-6H3. The smallest absolute Gasteiger partial charge is 0.0768 e. The number of nitrogens with zero attached hydrogens (tertiary/aromatic N) is 2. The van der Waals surface area contributed by atoms with Gasteiger partial charge in [-0.2, -0.15) is 0 Å². The highest BCUT2D eigenvalue weighted by atomic mass is 16.3. The second-order valence-corrected chi connectivity index (χ2v) is 12.4. The fourth-order valence-electron chi connectivity index (χ4n) is 7.32. The molecule has 44 heavy (non-hydrogen) atoms. The molecule has 5 heterocycles. The lowest BCUT2D eigenvalue weighted by molar-refractivity contribution is 0.288. The van der Waals surface area contributed by atoms with Crippen molar-refractivity contribution in [1.82, 2.24) is 19.9 Å². The third-order valence-corrected chi connectivity index (χ3v) is 10.2. The van der Waals surface area contributed by atoms with E-state index in [0.29, 0.717) is 25.0 Å². The monoisotopic (exact) mass is 592 g/mol. The Bertz CT molecular complexity index is 1980. The van der Waals surface area contributed by atoms with Gasteiger partial charge >= 0.3 is 0 Å². The maximum absolute atomic E-state index is 10.6. The normalized spacial score (nSPS) is 16.6. The minimum absolute atomic E-state index is 0.0593. The van der Waals surface area contributed by atoms with Gasteiger partial charge in [0.15, 0.2) is 0 Å². The van der Waals surface area contributed by atoms with Crippen LogP contribution in [0.1, 0.15) is 91.0 Å². The fourth-order valence-corrected chi connectivity index (χ4v) is 7.32. The van der Waals surface area contributed by atoms with E-state index in [1.54, 1.807) is 0 Å². The number of aromatic nitrogens is 4. The van der Waals surface area contributed by atoms with Crippen LogP contribution in [-0.2, 0) is 24.7 Å². The number of nitrogens with one attached hydrogen (secondary N) is 2. The number of hydrogen-bond donors (Lipinski definition) is 5. The molecule has 8 bridgehead atoms. The van der Waals surface area contributed by atoms with E-state index in [9.17, 15) is 15.3 Å². The number of aliphatic hydroxyl groups excluding tert-OH is 3. The quantitative estimate of drug-likeness (QED) is 0.155. The van der Waals surface area contributed by atoms with Crippen molar-refractivity contribution in [3.05, 3.63) is 80.8 Å². The van der Waals surface area contributed by atoms with Crippen LogP contribution in [-0.4, -0.2) is 55.1 Å². The zero-order valence-corrected chi connectivity index (χ0v) is 26.8. The van der Waals surface area contributed by atoms with Crippen LogP contribution >= 0.6 is 0 Å². The third-order valence-electron chi connectivity index (χ3n) is 10.2. The van der Waals surface area contributed by atoms with Crippen molar-refractivity contribution < 1.29 is 15.3 Å². The molecule has 6 rings (SSSR count). The molecule has 1 aromatic carbocycles. The highest BCUT2D eigenvalue weighted by Gasteiger charge is 2.35. The van der Waals surface area contributed by atoms with Crippen LogP contribution in [0.4, 0.5) is 0 Å². The number of allylic oxidation sites excluding steroid dienone is 1. The second-order valence-electron chi connectivity index (χ2n) is 12.4. The lowest BCUT2D eigenvalue weighted by Gasteiger charge is -2.23.